The van der Waals surface area contributed by atoms with Crippen LogP contribution < -0.4 is 4.74 Å². The largest absolute Gasteiger partial charge is 0.492 e. The number of aliphatic hydroxyl groups excluding tert-OH is 1. The summed E-state index contributed by atoms with van der Waals surface area (Å²) in [5.41, 5.74) is 1.49. The van der Waals surface area contributed by atoms with Gasteiger partial charge in [0.05, 0.1) is 31.4 Å². The number of carbonyl (C=O) groups excluding carboxylic acids is 1. The summed E-state index contributed by atoms with van der Waals surface area (Å²) in [5, 5.41) is 9.92. The Kier molecular flexibility index (Phi) is 4.46. The molecular weight excluding hydrogens is 370 g/mol. The normalized spacial score (nSPS) is 16.2. The molecule has 1 aromatic heterocycles. The Labute approximate surface area is 140 Å². The van der Waals surface area contributed by atoms with E-state index in [4.69, 9.17) is 9.47 Å². The van der Waals surface area contributed by atoms with E-state index < -0.39 is 5.97 Å². The van der Waals surface area contributed by atoms with Gasteiger partial charge in [-0.05, 0) is 25.1 Å². The molecule has 0 spiro atoms. The minimum Gasteiger partial charge on any atom is -0.492 e. The molecule has 1 aliphatic heterocycles. The molecule has 0 bridgehead atoms. The molecule has 0 aliphatic carbocycles. The molecular formula is C15H14BrNO4S. The van der Waals surface area contributed by atoms with E-state index in [1.807, 2.05) is 18.2 Å². The highest BCUT2D eigenvalue weighted by atomic mass is 79.9. The number of benzene rings is 1. The molecule has 3 rings (SSSR count). The molecule has 1 atom stereocenters. The zero-order chi connectivity index (χ0) is 15.7. The van der Waals surface area contributed by atoms with Gasteiger partial charge in [-0.1, -0.05) is 15.9 Å². The molecule has 0 saturated carbocycles. The van der Waals surface area contributed by atoms with E-state index in [1.165, 1.54) is 11.3 Å². The number of aromatic nitrogens is 1. The highest BCUT2D eigenvalue weighted by Gasteiger charge is 2.29. The van der Waals surface area contributed by atoms with Gasteiger partial charge >= 0.3 is 5.97 Å². The van der Waals surface area contributed by atoms with E-state index in [1.54, 1.807) is 6.92 Å². The van der Waals surface area contributed by atoms with Gasteiger partial charge in [0, 0.05) is 14.9 Å². The quantitative estimate of drug-likeness (QED) is 0.824. The lowest BCUT2D eigenvalue weighted by Gasteiger charge is -2.10. The number of thiazole rings is 1. The second kappa shape index (κ2) is 6.36. The van der Waals surface area contributed by atoms with Gasteiger partial charge in [-0.25, -0.2) is 9.78 Å². The second-order valence-corrected chi connectivity index (χ2v) is 6.73. The third kappa shape index (κ3) is 2.76. The Morgan fingerprint density at radius 3 is 3.14 bits per heavy atom. The van der Waals surface area contributed by atoms with Crippen molar-refractivity contribution in [3.8, 4) is 17.0 Å². The van der Waals surface area contributed by atoms with Crippen LogP contribution in [0.2, 0.25) is 0 Å². The molecule has 0 radical (unpaired) electrons. The molecule has 0 fully saturated rings. The minimum absolute atomic E-state index is 0.0629. The van der Waals surface area contributed by atoms with Crippen molar-refractivity contribution in [2.45, 2.75) is 12.8 Å². The van der Waals surface area contributed by atoms with Crippen LogP contribution in [0, 0.1) is 0 Å². The monoisotopic (exact) mass is 383 g/mol. The molecule has 5 nitrogen and oxygen atoms in total. The van der Waals surface area contributed by atoms with Crippen molar-refractivity contribution in [3.63, 3.8) is 0 Å². The van der Waals surface area contributed by atoms with Gasteiger partial charge in [-0.15, -0.1) is 11.3 Å². The predicted molar refractivity (Wildman–Crippen MR) is 86.5 cm³/mol. The molecule has 2 heterocycles. The number of halogens is 1. The SMILES string of the molecule is CCOC(=O)c1nc2c(s1)C(CO)COc1ccc(Br)cc1-2. The molecule has 2 aromatic rings. The topological polar surface area (TPSA) is 68.7 Å². The molecule has 1 unspecified atom stereocenters. The van der Waals surface area contributed by atoms with Crippen LogP contribution in [0.3, 0.4) is 0 Å². The number of hydrogen-bond acceptors (Lipinski definition) is 6. The van der Waals surface area contributed by atoms with E-state index in [0.29, 0.717) is 29.7 Å². The number of ether oxygens (including phenoxy) is 2. The summed E-state index contributed by atoms with van der Waals surface area (Å²) in [4.78, 5) is 17.2. The highest BCUT2D eigenvalue weighted by Crippen LogP contribution is 2.42. The fourth-order valence-corrected chi connectivity index (χ4v) is 3.71. The van der Waals surface area contributed by atoms with Crippen molar-refractivity contribution < 1.29 is 19.4 Å². The summed E-state index contributed by atoms with van der Waals surface area (Å²) < 4.78 is 11.7. The number of aliphatic hydroxyl groups is 1. The minimum atomic E-state index is -0.435. The molecule has 1 aromatic carbocycles. The van der Waals surface area contributed by atoms with Gasteiger partial charge in [0.25, 0.3) is 0 Å². The fourth-order valence-electron chi connectivity index (χ4n) is 2.30. The average molecular weight is 384 g/mol. The van der Waals surface area contributed by atoms with Gasteiger partial charge < -0.3 is 14.6 Å². The second-order valence-electron chi connectivity index (χ2n) is 4.78. The Bertz CT molecular complexity index is 716. The van der Waals surface area contributed by atoms with E-state index in [0.717, 1.165) is 14.9 Å². The Hall–Kier alpha value is -1.44. The van der Waals surface area contributed by atoms with Gasteiger partial charge in [-0.2, -0.15) is 0 Å². The first kappa shape index (κ1) is 15.5. The Balaban J connectivity index is 2.14. The van der Waals surface area contributed by atoms with Gasteiger partial charge in [0.1, 0.15) is 5.75 Å². The lowest BCUT2D eigenvalue weighted by Crippen LogP contribution is -2.11. The number of esters is 1. The Morgan fingerprint density at radius 1 is 1.59 bits per heavy atom. The van der Waals surface area contributed by atoms with Gasteiger partial charge in [0.2, 0.25) is 5.01 Å². The summed E-state index contributed by atoms with van der Waals surface area (Å²) in [6.07, 6.45) is 0. The van der Waals surface area contributed by atoms with Crippen molar-refractivity contribution in [1.29, 1.82) is 0 Å². The third-order valence-corrected chi connectivity index (χ3v) is 5.02. The third-order valence-electron chi connectivity index (χ3n) is 3.33. The molecule has 116 valence electrons. The van der Waals surface area contributed by atoms with E-state index in [9.17, 15) is 9.90 Å². The van der Waals surface area contributed by atoms with Crippen molar-refractivity contribution in [2.24, 2.45) is 0 Å². The van der Waals surface area contributed by atoms with Crippen molar-refractivity contribution >= 4 is 33.2 Å². The van der Waals surface area contributed by atoms with Crippen molar-refractivity contribution in [1.82, 2.24) is 4.98 Å². The fraction of sp³-hybridized carbons (Fsp3) is 0.333. The van der Waals surface area contributed by atoms with Gasteiger partial charge in [-0.3, -0.25) is 0 Å². The summed E-state index contributed by atoms with van der Waals surface area (Å²) in [7, 11) is 0. The van der Waals surface area contributed by atoms with Gasteiger partial charge in [0.15, 0.2) is 0 Å². The van der Waals surface area contributed by atoms with Crippen molar-refractivity contribution in [2.75, 3.05) is 19.8 Å². The van der Waals surface area contributed by atoms with Crippen LogP contribution >= 0.6 is 27.3 Å². The molecule has 7 heteroatoms. The smallest absolute Gasteiger partial charge is 0.367 e. The highest BCUT2D eigenvalue weighted by molar-refractivity contribution is 9.10. The maximum absolute atomic E-state index is 11.9. The Morgan fingerprint density at radius 2 is 2.41 bits per heavy atom. The first-order valence-electron chi connectivity index (χ1n) is 6.85. The molecule has 1 N–H and O–H groups in total. The number of carbonyl (C=O) groups is 1. The summed E-state index contributed by atoms with van der Waals surface area (Å²) >= 11 is 4.70. The molecule has 1 aliphatic rings. The standard InChI is InChI=1S/C15H14BrNO4S/c1-2-20-15(19)14-17-12-10-5-9(16)3-4-11(10)21-7-8(6-18)13(12)22-14/h3-5,8,18H,2,6-7H2,1H3. The first-order chi connectivity index (χ1) is 10.6. The molecule has 0 saturated heterocycles. The van der Waals surface area contributed by atoms with Crippen LogP contribution in [-0.2, 0) is 4.74 Å². The molecule has 22 heavy (non-hydrogen) atoms. The maximum Gasteiger partial charge on any atom is 0.367 e. The zero-order valence-electron chi connectivity index (χ0n) is 11.8. The van der Waals surface area contributed by atoms with Crippen LogP contribution in [0.5, 0.6) is 5.75 Å². The maximum atomic E-state index is 11.9. The van der Waals surface area contributed by atoms with E-state index in [2.05, 4.69) is 20.9 Å². The van der Waals surface area contributed by atoms with E-state index >= 15 is 0 Å². The van der Waals surface area contributed by atoms with Crippen LogP contribution in [-0.4, -0.2) is 35.9 Å². The van der Waals surface area contributed by atoms with Crippen LogP contribution in [0.25, 0.3) is 11.3 Å². The number of fused-ring (bicyclic) bond motifs is 3. The van der Waals surface area contributed by atoms with Crippen LogP contribution in [0.1, 0.15) is 27.5 Å². The zero-order valence-corrected chi connectivity index (χ0v) is 14.2. The number of rotatable bonds is 3. The average Bonchev–Trinajstić information content (AvgIpc) is 2.89. The van der Waals surface area contributed by atoms with Crippen molar-refractivity contribution in [3.05, 3.63) is 32.6 Å². The molecule has 0 amide bonds. The predicted octanol–water partition coefficient (Wildman–Crippen LogP) is 3.22. The first-order valence-corrected chi connectivity index (χ1v) is 8.46. The summed E-state index contributed by atoms with van der Waals surface area (Å²) in [5.74, 6) is 0.0534. The van der Waals surface area contributed by atoms with Crippen LogP contribution in [0.4, 0.5) is 0 Å². The number of hydrogen-bond donors (Lipinski definition) is 1. The lowest BCUT2D eigenvalue weighted by atomic mass is 10.0. The van der Waals surface area contributed by atoms with E-state index in [-0.39, 0.29) is 12.5 Å². The summed E-state index contributed by atoms with van der Waals surface area (Å²) in [6, 6.07) is 5.64. The number of nitrogens with zero attached hydrogens (tertiary/aromatic N) is 1. The summed E-state index contributed by atoms with van der Waals surface area (Å²) in [6.45, 7) is 2.35. The van der Waals surface area contributed by atoms with Crippen LogP contribution in [0.15, 0.2) is 22.7 Å². The lowest BCUT2D eigenvalue weighted by molar-refractivity contribution is 0.0526.